The number of hydrogen-bond donors (Lipinski definition) is 2. The van der Waals surface area contributed by atoms with Gasteiger partial charge in [0.15, 0.2) is 11.5 Å². The number of ether oxygens (including phenoxy) is 1. The van der Waals surface area contributed by atoms with Gasteiger partial charge >= 0.3 is 6.18 Å². The van der Waals surface area contributed by atoms with Gasteiger partial charge in [0.05, 0.1) is 18.8 Å². The van der Waals surface area contributed by atoms with Crippen molar-refractivity contribution in [2.45, 2.75) is 12.7 Å². The lowest BCUT2D eigenvalue weighted by Crippen LogP contribution is -2.36. The second-order valence-electron chi connectivity index (χ2n) is 5.91. The zero-order valence-corrected chi connectivity index (χ0v) is 14.3. The van der Waals surface area contributed by atoms with Crippen molar-refractivity contribution in [1.29, 1.82) is 0 Å². The van der Waals surface area contributed by atoms with Gasteiger partial charge < -0.3 is 20.7 Å². The maximum absolute atomic E-state index is 13.5. The van der Waals surface area contributed by atoms with Crippen LogP contribution in [0.15, 0.2) is 30.6 Å². The van der Waals surface area contributed by atoms with Gasteiger partial charge in [-0.1, -0.05) is 6.07 Å². The van der Waals surface area contributed by atoms with Gasteiger partial charge in [-0.05, 0) is 17.7 Å². The number of alkyl halides is 3. The largest absolute Gasteiger partial charge is 0.416 e. The van der Waals surface area contributed by atoms with E-state index in [0.717, 1.165) is 6.07 Å². The minimum atomic E-state index is -4.55. The number of anilines is 2. The number of nitrogen functional groups attached to an aromatic ring is 1. The van der Waals surface area contributed by atoms with Crippen LogP contribution in [0, 0.1) is 0 Å². The topological polar surface area (TPSA) is 93.4 Å². The predicted molar refractivity (Wildman–Crippen MR) is 92.1 cm³/mol. The summed E-state index contributed by atoms with van der Waals surface area (Å²) in [6.45, 7) is 1.68. The highest BCUT2D eigenvalue weighted by Gasteiger charge is 2.34. The normalized spacial score (nSPS) is 14.9. The first-order chi connectivity index (χ1) is 12.9. The average Bonchev–Trinajstić information content (AvgIpc) is 2.66. The Kier molecular flexibility index (Phi) is 5.45. The fraction of sp³-hybridized carbons (Fsp3) is 0.353. The molecule has 3 rings (SSSR count). The van der Waals surface area contributed by atoms with E-state index in [1.807, 2.05) is 4.90 Å². The third-order valence-electron chi connectivity index (χ3n) is 4.16. The van der Waals surface area contributed by atoms with Crippen molar-refractivity contribution in [2.24, 2.45) is 0 Å². The summed E-state index contributed by atoms with van der Waals surface area (Å²) < 4.78 is 45.8. The number of hydrogen-bond acceptors (Lipinski definition) is 6. The maximum Gasteiger partial charge on any atom is 0.416 e. The number of amides is 1. The molecule has 0 radical (unpaired) electrons. The maximum atomic E-state index is 13.5. The van der Waals surface area contributed by atoms with Crippen molar-refractivity contribution in [3.63, 3.8) is 0 Å². The van der Waals surface area contributed by atoms with E-state index in [2.05, 4.69) is 15.3 Å². The van der Waals surface area contributed by atoms with E-state index in [4.69, 9.17) is 10.5 Å². The summed E-state index contributed by atoms with van der Waals surface area (Å²) in [5.41, 5.74) is 5.07. The predicted octanol–water partition coefficient (Wildman–Crippen LogP) is 1.84. The van der Waals surface area contributed by atoms with Crippen molar-refractivity contribution in [3.8, 4) is 0 Å². The van der Waals surface area contributed by atoms with E-state index in [9.17, 15) is 18.0 Å². The molecule has 144 valence electrons. The third-order valence-corrected chi connectivity index (χ3v) is 4.16. The summed E-state index contributed by atoms with van der Waals surface area (Å²) in [5.74, 6) is -0.778. The van der Waals surface area contributed by atoms with Crippen LogP contribution < -0.4 is 16.0 Å². The van der Waals surface area contributed by atoms with Gasteiger partial charge in [0.2, 0.25) is 0 Å². The number of benzene rings is 1. The van der Waals surface area contributed by atoms with Gasteiger partial charge in [0, 0.05) is 37.7 Å². The van der Waals surface area contributed by atoms with Crippen molar-refractivity contribution in [2.75, 3.05) is 36.9 Å². The van der Waals surface area contributed by atoms with E-state index in [1.54, 1.807) is 6.07 Å². The number of carbonyl (C=O) groups excluding carboxylic acids is 1. The van der Waals surface area contributed by atoms with Crippen molar-refractivity contribution in [1.82, 2.24) is 15.3 Å². The summed E-state index contributed by atoms with van der Waals surface area (Å²) >= 11 is 0. The minimum Gasteiger partial charge on any atom is -0.382 e. The van der Waals surface area contributed by atoms with Crippen molar-refractivity contribution in [3.05, 3.63) is 47.4 Å². The molecule has 1 aromatic carbocycles. The molecule has 1 aliphatic heterocycles. The van der Waals surface area contributed by atoms with E-state index < -0.39 is 17.6 Å². The lowest BCUT2D eigenvalue weighted by Gasteiger charge is -2.29. The first-order valence-electron chi connectivity index (χ1n) is 8.24. The van der Waals surface area contributed by atoms with Crippen LogP contribution in [0.5, 0.6) is 0 Å². The van der Waals surface area contributed by atoms with E-state index in [0.29, 0.717) is 32.0 Å². The average molecular weight is 381 g/mol. The Morgan fingerprint density at radius 2 is 1.93 bits per heavy atom. The number of carbonyl (C=O) groups is 1. The first-order valence-corrected chi connectivity index (χ1v) is 8.24. The molecule has 27 heavy (non-hydrogen) atoms. The van der Waals surface area contributed by atoms with Gasteiger partial charge in [0.1, 0.15) is 0 Å². The number of morpholine rings is 1. The summed E-state index contributed by atoms with van der Waals surface area (Å²) in [5, 5.41) is 2.41. The summed E-state index contributed by atoms with van der Waals surface area (Å²) in [4.78, 5) is 21.5. The standard InChI is InChI=1S/C17H18F3N5O2/c18-17(19,20)13-9-12(25-5-7-27-8-6-25)2-1-11(13)10-24-16(26)14-15(21)23-4-3-22-14/h1-4,9H,5-8,10H2,(H2,21,23)(H,24,26). The van der Waals surface area contributed by atoms with Crippen LogP contribution >= 0.6 is 0 Å². The van der Waals surface area contributed by atoms with Crippen LogP contribution in [-0.4, -0.2) is 42.2 Å². The van der Waals surface area contributed by atoms with E-state index in [-0.39, 0.29) is 23.6 Å². The Morgan fingerprint density at radius 1 is 1.22 bits per heavy atom. The Bertz CT molecular complexity index is 822. The number of halogens is 3. The van der Waals surface area contributed by atoms with Crippen LogP contribution in [0.25, 0.3) is 0 Å². The quantitative estimate of drug-likeness (QED) is 0.840. The third kappa shape index (κ3) is 4.45. The second kappa shape index (κ2) is 7.78. The second-order valence-corrected chi connectivity index (χ2v) is 5.91. The van der Waals surface area contributed by atoms with Crippen LogP contribution in [0.3, 0.4) is 0 Å². The van der Waals surface area contributed by atoms with Crippen LogP contribution in [0.2, 0.25) is 0 Å². The molecule has 1 aromatic heterocycles. The molecule has 2 heterocycles. The number of nitrogens with two attached hydrogens (primary N) is 1. The molecule has 1 saturated heterocycles. The molecule has 0 unspecified atom stereocenters. The molecular weight excluding hydrogens is 363 g/mol. The lowest BCUT2D eigenvalue weighted by atomic mass is 10.0. The molecule has 0 saturated carbocycles. The molecule has 0 spiro atoms. The molecule has 1 amide bonds. The molecule has 2 aromatic rings. The molecule has 1 aliphatic rings. The van der Waals surface area contributed by atoms with Gasteiger partial charge in [-0.3, -0.25) is 4.79 Å². The van der Waals surface area contributed by atoms with Gasteiger partial charge in [-0.25, -0.2) is 9.97 Å². The monoisotopic (exact) mass is 381 g/mol. The zero-order chi connectivity index (χ0) is 19.4. The van der Waals surface area contributed by atoms with Gasteiger partial charge in [0.25, 0.3) is 5.91 Å². The summed E-state index contributed by atoms with van der Waals surface area (Å²) in [7, 11) is 0. The Hall–Kier alpha value is -2.88. The smallest absolute Gasteiger partial charge is 0.382 e. The number of aromatic nitrogens is 2. The Labute approximate surface area is 153 Å². The summed E-state index contributed by atoms with van der Waals surface area (Å²) in [6.07, 6.45) is -1.95. The highest BCUT2D eigenvalue weighted by atomic mass is 19.4. The lowest BCUT2D eigenvalue weighted by molar-refractivity contribution is -0.138. The van der Waals surface area contributed by atoms with Crippen molar-refractivity contribution < 1.29 is 22.7 Å². The molecule has 0 atom stereocenters. The van der Waals surface area contributed by atoms with Crippen molar-refractivity contribution >= 4 is 17.4 Å². The zero-order valence-electron chi connectivity index (χ0n) is 14.3. The molecule has 0 bridgehead atoms. The molecule has 10 heteroatoms. The number of rotatable bonds is 4. The highest BCUT2D eigenvalue weighted by Crippen LogP contribution is 2.35. The van der Waals surface area contributed by atoms with Crippen LogP contribution in [0.4, 0.5) is 24.7 Å². The van der Waals surface area contributed by atoms with E-state index >= 15 is 0 Å². The summed E-state index contributed by atoms with van der Waals surface area (Å²) in [6, 6.07) is 4.08. The van der Waals surface area contributed by atoms with Crippen LogP contribution in [-0.2, 0) is 17.5 Å². The van der Waals surface area contributed by atoms with Gasteiger partial charge in [-0.2, -0.15) is 13.2 Å². The fourth-order valence-electron chi connectivity index (χ4n) is 2.78. The minimum absolute atomic E-state index is 0.0460. The Morgan fingerprint density at radius 3 is 2.59 bits per heavy atom. The number of nitrogens with zero attached hydrogens (tertiary/aromatic N) is 3. The Balaban J connectivity index is 1.80. The molecule has 0 aliphatic carbocycles. The molecule has 3 N–H and O–H groups in total. The first kappa shape index (κ1) is 18.9. The van der Waals surface area contributed by atoms with Gasteiger partial charge in [-0.15, -0.1) is 0 Å². The molecular formula is C17H18F3N5O2. The van der Waals surface area contributed by atoms with Crippen LogP contribution in [0.1, 0.15) is 21.6 Å². The highest BCUT2D eigenvalue weighted by molar-refractivity contribution is 5.96. The number of nitrogens with one attached hydrogen (secondary N) is 1. The molecule has 1 fully saturated rings. The molecule has 7 nitrogen and oxygen atoms in total. The van der Waals surface area contributed by atoms with E-state index in [1.165, 1.54) is 18.5 Å². The fourth-order valence-corrected chi connectivity index (χ4v) is 2.78. The SMILES string of the molecule is Nc1nccnc1C(=O)NCc1ccc(N2CCOCC2)cc1C(F)(F)F.